The van der Waals surface area contributed by atoms with E-state index in [0.29, 0.717) is 17.4 Å². The van der Waals surface area contributed by atoms with E-state index in [1.54, 1.807) is 0 Å². The van der Waals surface area contributed by atoms with Crippen LogP contribution in [-0.4, -0.2) is 74.9 Å². The molecule has 94 heavy (non-hydrogen) atoms. The Kier molecular flexibility index (Phi) is 67.7. The Morgan fingerprint density at radius 3 is 0.851 bits per heavy atom. The number of carbonyl (C=O) groups is 2. The van der Waals surface area contributed by atoms with E-state index in [-0.39, 0.29) is 32.0 Å². The van der Waals surface area contributed by atoms with Gasteiger partial charge in [0, 0.05) is 12.8 Å². The highest BCUT2D eigenvalue weighted by atomic mass is 31.2. The number of hydrogen-bond donors (Lipinski definition) is 1. The van der Waals surface area contributed by atoms with Gasteiger partial charge in [0.2, 0.25) is 0 Å². The zero-order valence-electron chi connectivity index (χ0n) is 60.1. The number of carbonyl (C=O) groups excluding carboxylic acids is 2. The number of likely N-dealkylation sites (N-methyl/N-ethyl adjacent to an activating group) is 1. The molecule has 0 aromatic heterocycles. The third-order valence-corrected chi connectivity index (χ3v) is 15.8. The summed E-state index contributed by atoms with van der Waals surface area (Å²) in [5.41, 5.74) is 0. The summed E-state index contributed by atoms with van der Waals surface area (Å²) in [6.07, 6.45) is 114. The lowest BCUT2D eigenvalue weighted by Crippen LogP contribution is -2.37. The second-order valence-corrected chi connectivity index (χ2v) is 26.3. The molecule has 0 rings (SSSR count). The van der Waals surface area contributed by atoms with Crippen LogP contribution in [0.2, 0.25) is 0 Å². The Morgan fingerprint density at radius 1 is 0.330 bits per heavy atom. The van der Waals surface area contributed by atoms with Crippen LogP contribution in [0.3, 0.4) is 0 Å². The molecule has 2 atom stereocenters. The van der Waals surface area contributed by atoms with Gasteiger partial charge >= 0.3 is 19.8 Å². The van der Waals surface area contributed by atoms with Crippen molar-refractivity contribution in [2.45, 2.75) is 264 Å². The minimum absolute atomic E-state index is 0.0177. The molecule has 0 aromatic rings. The van der Waals surface area contributed by atoms with Crippen LogP contribution in [0, 0.1) is 0 Å². The second kappa shape index (κ2) is 71.9. The molecule has 0 aliphatic carbocycles. The van der Waals surface area contributed by atoms with Crippen molar-refractivity contribution in [3.05, 3.63) is 207 Å². The van der Waals surface area contributed by atoms with Gasteiger partial charge in [-0.2, -0.15) is 0 Å². The van der Waals surface area contributed by atoms with Gasteiger partial charge in [-0.3, -0.25) is 18.6 Å². The molecular weight excluding hydrogens is 1180 g/mol. The van der Waals surface area contributed by atoms with Crippen LogP contribution in [0.1, 0.15) is 258 Å². The highest BCUT2D eigenvalue weighted by Gasteiger charge is 2.27. The fourth-order valence-corrected chi connectivity index (χ4v) is 10.0. The van der Waals surface area contributed by atoms with Gasteiger partial charge < -0.3 is 18.9 Å². The predicted octanol–water partition coefficient (Wildman–Crippen LogP) is 24.6. The van der Waals surface area contributed by atoms with Crippen LogP contribution in [0.15, 0.2) is 207 Å². The maximum atomic E-state index is 12.9. The Bertz CT molecular complexity index is 2340. The zero-order valence-corrected chi connectivity index (χ0v) is 61.0. The summed E-state index contributed by atoms with van der Waals surface area (Å²) in [5, 5.41) is 0. The van der Waals surface area contributed by atoms with E-state index >= 15 is 0 Å². The van der Waals surface area contributed by atoms with E-state index in [1.807, 2.05) is 21.1 Å². The highest BCUT2D eigenvalue weighted by molar-refractivity contribution is 7.47. The maximum absolute atomic E-state index is 12.9. The number of nitrogens with zero attached hydrogens (tertiary/aromatic N) is 1. The van der Waals surface area contributed by atoms with Gasteiger partial charge in [-0.05, 0) is 148 Å². The summed E-state index contributed by atoms with van der Waals surface area (Å²) >= 11 is 0. The number of hydrogen-bond acceptors (Lipinski definition) is 7. The zero-order chi connectivity index (χ0) is 68.3. The fourth-order valence-electron chi connectivity index (χ4n) is 9.26. The number of esters is 2. The minimum Gasteiger partial charge on any atom is -0.462 e. The molecule has 528 valence electrons. The predicted molar refractivity (Wildman–Crippen MR) is 408 cm³/mol. The molecule has 0 amide bonds. The Hall–Kier alpha value is -5.41. The van der Waals surface area contributed by atoms with E-state index in [2.05, 4.69) is 220 Å². The van der Waals surface area contributed by atoms with E-state index in [1.165, 1.54) is 51.4 Å². The summed E-state index contributed by atoms with van der Waals surface area (Å²) in [4.78, 5) is 35.9. The van der Waals surface area contributed by atoms with E-state index in [4.69, 9.17) is 18.5 Å². The minimum atomic E-state index is -4.41. The van der Waals surface area contributed by atoms with Crippen molar-refractivity contribution in [1.29, 1.82) is 0 Å². The van der Waals surface area contributed by atoms with Crippen LogP contribution < -0.4 is 0 Å². The molecule has 0 fully saturated rings. The number of ether oxygens (including phenoxy) is 2. The van der Waals surface area contributed by atoms with Gasteiger partial charge in [0.25, 0.3) is 0 Å². The maximum Gasteiger partial charge on any atom is 0.472 e. The number of quaternary nitrogens is 1. The largest absolute Gasteiger partial charge is 0.472 e. The topological polar surface area (TPSA) is 108 Å². The van der Waals surface area contributed by atoms with Gasteiger partial charge in [-0.15, -0.1) is 0 Å². The summed E-state index contributed by atoms with van der Waals surface area (Å²) < 4.78 is 34.7. The molecule has 0 bridgehead atoms. The molecule has 0 heterocycles. The van der Waals surface area contributed by atoms with Crippen molar-refractivity contribution in [3.8, 4) is 0 Å². The molecular formula is C84H135NO8P+. The van der Waals surface area contributed by atoms with Crippen LogP contribution in [0.5, 0.6) is 0 Å². The third-order valence-electron chi connectivity index (χ3n) is 14.8. The van der Waals surface area contributed by atoms with Crippen LogP contribution >= 0.6 is 7.82 Å². The standard InChI is InChI=1S/C84H134NO8P/c1-6-8-10-12-14-16-18-20-22-24-26-28-30-32-34-36-37-38-39-40-41-42-43-44-45-46-47-49-51-53-55-57-59-61-63-65-67-69-71-73-75-77-84(87)93-82(81-92-94(88,89)91-79-78-85(3,4)5)80-90-83(86)76-74-72-70-68-66-64-62-60-58-56-54-52-50-48-35-33-31-29-27-25-23-21-19-17-15-13-11-9-7-2/h8-11,14-17,20-23,26-29,32-35,37-38,40-41,43-44,46-47,50-53,57,59,82H,6-7,12-13,18-19,24-25,30-31,36,39,42,45,48-49,54-56,58,60-81H2,1-5H3/p+1/b10-8-,11-9-,16-14-,17-15-,22-20-,23-21-,28-26-,29-27-,34-32-,35-33-,38-37-,41-40-,44-43-,47-46-,52-50-,53-51-,59-57-. The average Bonchev–Trinajstić information content (AvgIpc) is 1.57. The quantitative estimate of drug-likeness (QED) is 0.0211. The van der Waals surface area contributed by atoms with Gasteiger partial charge in [0.15, 0.2) is 6.10 Å². The Balaban J connectivity index is 4.15. The monoisotopic (exact) mass is 1320 g/mol. The lowest BCUT2D eigenvalue weighted by molar-refractivity contribution is -0.870. The molecule has 0 aliphatic rings. The molecule has 0 spiro atoms. The van der Waals surface area contributed by atoms with Crippen molar-refractivity contribution in [2.24, 2.45) is 0 Å². The first kappa shape index (κ1) is 88.6. The number of phosphoric ester groups is 1. The van der Waals surface area contributed by atoms with Gasteiger partial charge in [0.05, 0.1) is 27.7 Å². The normalized spacial score (nSPS) is 14.3. The molecule has 0 saturated carbocycles. The fraction of sp³-hybridized carbons (Fsp3) is 0.571. The molecule has 0 saturated heterocycles. The Labute approximate surface area is 576 Å². The van der Waals surface area contributed by atoms with Crippen molar-refractivity contribution < 1.29 is 42.1 Å². The van der Waals surface area contributed by atoms with Crippen molar-refractivity contribution >= 4 is 19.8 Å². The number of phosphoric acid groups is 1. The smallest absolute Gasteiger partial charge is 0.462 e. The molecule has 9 nitrogen and oxygen atoms in total. The lowest BCUT2D eigenvalue weighted by Gasteiger charge is -2.24. The highest BCUT2D eigenvalue weighted by Crippen LogP contribution is 2.43. The SMILES string of the molecule is CC/C=C\C/C=C\C/C=C\C/C=C\C/C=C\C/C=C\C/C=C\C/C=C\C/C=C\C/C=C\C/C=C\CCCCCCCCCC(=O)OC(COC(=O)CCCCCCCCCCCC/C=C\C/C=C\C/C=C\C/C=C\C/C=C\C/C=C\CC)COP(=O)(O)OCC[N+](C)(C)C. The van der Waals surface area contributed by atoms with E-state index in [0.717, 1.165) is 173 Å². The second-order valence-electron chi connectivity index (χ2n) is 24.9. The molecule has 1 N–H and O–H groups in total. The van der Waals surface area contributed by atoms with Gasteiger partial charge in [0.1, 0.15) is 19.8 Å². The average molecular weight is 1320 g/mol. The first-order chi connectivity index (χ1) is 46.0. The van der Waals surface area contributed by atoms with Crippen LogP contribution in [-0.2, 0) is 32.7 Å². The summed E-state index contributed by atoms with van der Waals surface area (Å²) in [5.74, 6) is -0.828. The third kappa shape index (κ3) is 75.6. The molecule has 2 unspecified atom stereocenters. The summed E-state index contributed by atoms with van der Waals surface area (Å²) in [6.45, 7) is 4.17. The van der Waals surface area contributed by atoms with E-state index in [9.17, 15) is 19.0 Å². The number of unbranched alkanes of at least 4 members (excludes halogenated alkanes) is 17. The summed E-state index contributed by atoms with van der Waals surface area (Å²) in [7, 11) is 1.44. The summed E-state index contributed by atoms with van der Waals surface area (Å²) in [6, 6.07) is 0. The van der Waals surface area contributed by atoms with Gasteiger partial charge in [-0.25, -0.2) is 4.57 Å². The van der Waals surface area contributed by atoms with Crippen molar-refractivity contribution in [3.63, 3.8) is 0 Å². The molecule has 0 radical (unpaired) electrons. The lowest BCUT2D eigenvalue weighted by atomic mass is 10.1. The van der Waals surface area contributed by atoms with Crippen LogP contribution in [0.25, 0.3) is 0 Å². The molecule has 0 aliphatic heterocycles. The van der Waals surface area contributed by atoms with Gasteiger partial charge in [-0.1, -0.05) is 304 Å². The number of allylic oxidation sites excluding steroid dienone is 34. The van der Waals surface area contributed by atoms with E-state index < -0.39 is 26.5 Å². The molecule has 0 aromatic carbocycles. The first-order valence-electron chi connectivity index (χ1n) is 36.8. The number of rotatable bonds is 65. The van der Waals surface area contributed by atoms with Crippen molar-refractivity contribution in [1.82, 2.24) is 0 Å². The molecule has 10 heteroatoms. The first-order valence-corrected chi connectivity index (χ1v) is 38.3. The Morgan fingerprint density at radius 2 is 0.574 bits per heavy atom. The van der Waals surface area contributed by atoms with Crippen LogP contribution in [0.4, 0.5) is 0 Å². The van der Waals surface area contributed by atoms with Crippen molar-refractivity contribution in [2.75, 3.05) is 47.5 Å².